The second-order valence-electron chi connectivity index (χ2n) is 7.34. The third-order valence-corrected chi connectivity index (χ3v) is 5.47. The van der Waals surface area contributed by atoms with Crippen molar-refractivity contribution in [2.75, 3.05) is 0 Å². The van der Waals surface area contributed by atoms with Gasteiger partial charge >= 0.3 is 0 Å². The van der Waals surface area contributed by atoms with Crippen LogP contribution >= 0.6 is 0 Å². The van der Waals surface area contributed by atoms with Crippen molar-refractivity contribution in [1.29, 1.82) is 0 Å². The van der Waals surface area contributed by atoms with Gasteiger partial charge in [0.2, 0.25) is 0 Å². The molecule has 5 nitrogen and oxygen atoms in total. The summed E-state index contributed by atoms with van der Waals surface area (Å²) in [5.74, 6) is 0.103. The highest BCUT2D eigenvalue weighted by Gasteiger charge is 2.25. The Balaban J connectivity index is 1.38. The minimum absolute atomic E-state index is 0.103. The largest absolute Gasteiger partial charge is 0.292 e. The molecule has 0 saturated carbocycles. The summed E-state index contributed by atoms with van der Waals surface area (Å²) >= 11 is 0. The molecule has 0 amide bonds. The van der Waals surface area contributed by atoms with Crippen molar-refractivity contribution in [2.24, 2.45) is 17.0 Å². The standard InChI is InChI=1S/C23H20N4O/c1-27-18(7-8-25-27)12-21-19-13-20-16(10-17(19)14-24-21)11-22(26-20)23(28)9-15-5-3-2-4-6-15/h2-8,10,13H,9,11-12,14H2,1H3. The fraction of sp³-hybridized carbons (Fsp3) is 0.217. The third-order valence-electron chi connectivity index (χ3n) is 5.47. The Morgan fingerprint density at radius 3 is 2.75 bits per heavy atom. The molecule has 0 radical (unpaired) electrons. The van der Waals surface area contributed by atoms with E-state index in [0.29, 0.717) is 25.1 Å². The van der Waals surface area contributed by atoms with Crippen molar-refractivity contribution in [1.82, 2.24) is 9.78 Å². The Kier molecular flexibility index (Phi) is 4.01. The summed E-state index contributed by atoms with van der Waals surface area (Å²) in [6.45, 7) is 0.698. The maximum Gasteiger partial charge on any atom is 0.181 e. The van der Waals surface area contributed by atoms with Gasteiger partial charge in [-0.15, -0.1) is 0 Å². The summed E-state index contributed by atoms with van der Waals surface area (Å²) in [5, 5.41) is 4.24. The summed E-state index contributed by atoms with van der Waals surface area (Å²) in [6, 6.07) is 16.2. The summed E-state index contributed by atoms with van der Waals surface area (Å²) < 4.78 is 1.88. The van der Waals surface area contributed by atoms with Gasteiger partial charge in [-0.25, -0.2) is 4.99 Å². The molecule has 2 aromatic carbocycles. The lowest BCUT2D eigenvalue weighted by atomic mass is 9.97. The molecule has 5 heteroatoms. The lowest BCUT2D eigenvalue weighted by molar-refractivity contribution is -0.112. The van der Waals surface area contributed by atoms with Crippen LogP contribution in [0, 0.1) is 0 Å². The maximum absolute atomic E-state index is 12.7. The van der Waals surface area contributed by atoms with E-state index in [4.69, 9.17) is 4.99 Å². The molecule has 0 N–H and O–H groups in total. The summed E-state index contributed by atoms with van der Waals surface area (Å²) in [4.78, 5) is 22.1. The van der Waals surface area contributed by atoms with Gasteiger partial charge in [-0.05, 0) is 28.8 Å². The van der Waals surface area contributed by atoms with Gasteiger partial charge in [0.05, 0.1) is 17.9 Å². The quantitative estimate of drug-likeness (QED) is 0.693. The predicted molar refractivity (Wildman–Crippen MR) is 110 cm³/mol. The third kappa shape index (κ3) is 2.99. The molecule has 5 rings (SSSR count). The van der Waals surface area contributed by atoms with Crippen molar-refractivity contribution in [2.45, 2.75) is 25.8 Å². The molecule has 0 unspecified atom stereocenters. The average Bonchev–Trinajstić information content (AvgIpc) is 3.40. The zero-order valence-electron chi connectivity index (χ0n) is 15.7. The number of ketones is 1. The number of aromatic nitrogens is 2. The highest BCUT2D eigenvalue weighted by Crippen LogP contribution is 2.34. The Morgan fingerprint density at radius 1 is 1.11 bits per heavy atom. The number of carbonyl (C=O) groups is 1. The number of carbonyl (C=O) groups excluding carboxylic acids is 1. The molecule has 0 saturated heterocycles. The van der Waals surface area contributed by atoms with Gasteiger partial charge in [-0.2, -0.15) is 5.10 Å². The Hall–Kier alpha value is -3.34. The van der Waals surface area contributed by atoms with E-state index in [1.165, 1.54) is 5.56 Å². The van der Waals surface area contributed by atoms with Crippen LogP contribution in [0.25, 0.3) is 0 Å². The monoisotopic (exact) mass is 368 g/mol. The maximum atomic E-state index is 12.7. The van der Waals surface area contributed by atoms with Crippen molar-refractivity contribution in [3.05, 3.63) is 82.7 Å². The van der Waals surface area contributed by atoms with E-state index in [1.807, 2.05) is 54.3 Å². The first-order chi connectivity index (χ1) is 13.7. The van der Waals surface area contributed by atoms with E-state index >= 15 is 0 Å². The fourth-order valence-corrected chi connectivity index (χ4v) is 3.90. The Labute approximate surface area is 163 Å². The molecule has 138 valence electrons. The van der Waals surface area contributed by atoms with E-state index in [9.17, 15) is 4.79 Å². The number of aryl methyl sites for hydroxylation is 1. The normalized spacial score (nSPS) is 14.5. The number of Topliss-reactive ketones (excluding diaryl/α,β-unsaturated/α-hetero) is 1. The number of hydrogen-bond donors (Lipinski definition) is 0. The van der Waals surface area contributed by atoms with Gasteiger partial charge in [0, 0.05) is 49.5 Å². The molecule has 0 aliphatic carbocycles. The number of fused-ring (bicyclic) bond motifs is 2. The molecule has 3 aromatic rings. The lowest BCUT2D eigenvalue weighted by Crippen LogP contribution is -2.16. The molecule has 2 aliphatic heterocycles. The van der Waals surface area contributed by atoms with Crippen LogP contribution in [-0.2, 0) is 37.6 Å². The van der Waals surface area contributed by atoms with E-state index in [2.05, 4.69) is 22.2 Å². The van der Waals surface area contributed by atoms with Gasteiger partial charge < -0.3 is 0 Å². The highest BCUT2D eigenvalue weighted by atomic mass is 16.1. The van der Waals surface area contributed by atoms with Crippen molar-refractivity contribution >= 4 is 22.9 Å². The first kappa shape index (κ1) is 16.8. The van der Waals surface area contributed by atoms with E-state index in [-0.39, 0.29) is 5.78 Å². The zero-order chi connectivity index (χ0) is 19.1. The second kappa shape index (κ2) is 6.68. The van der Waals surface area contributed by atoms with Crippen LogP contribution in [0.2, 0.25) is 0 Å². The van der Waals surface area contributed by atoms with Gasteiger partial charge in [-0.1, -0.05) is 36.4 Å². The van der Waals surface area contributed by atoms with Crippen LogP contribution < -0.4 is 0 Å². The number of benzene rings is 2. The van der Waals surface area contributed by atoms with Crippen LogP contribution in [0.3, 0.4) is 0 Å². The van der Waals surface area contributed by atoms with Crippen LogP contribution in [0.15, 0.2) is 64.7 Å². The molecule has 0 atom stereocenters. The fourth-order valence-electron chi connectivity index (χ4n) is 3.90. The number of rotatable bonds is 5. The summed E-state index contributed by atoms with van der Waals surface area (Å²) in [7, 11) is 1.95. The average molecular weight is 368 g/mol. The molecular weight excluding hydrogens is 348 g/mol. The van der Waals surface area contributed by atoms with Crippen LogP contribution in [-0.4, -0.2) is 27.0 Å². The molecule has 1 aromatic heterocycles. The molecule has 0 spiro atoms. The molecule has 0 fully saturated rings. The minimum atomic E-state index is 0.103. The predicted octanol–water partition coefficient (Wildman–Crippen LogP) is 3.41. The van der Waals surface area contributed by atoms with E-state index in [1.54, 1.807) is 0 Å². The lowest BCUT2D eigenvalue weighted by Gasteiger charge is -2.07. The van der Waals surface area contributed by atoms with Gasteiger partial charge in [0.1, 0.15) is 0 Å². The first-order valence-corrected chi connectivity index (χ1v) is 9.48. The van der Waals surface area contributed by atoms with Gasteiger partial charge in [-0.3, -0.25) is 14.5 Å². The van der Waals surface area contributed by atoms with Crippen LogP contribution in [0.4, 0.5) is 5.69 Å². The van der Waals surface area contributed by atoms with E-state index < -0.39 is 0 Å². The van der Waals surface area contributed by atoms with Crippen LogP contribution in [0.1, 0.15) is 27.9 Å². The first-order valence-electron chi connectivity index (χ1n) is 9.48. The number of nitrogens with zero attached hydrogens (tertiary/aromatic N) is 4. The molecule has 0 bridgehead atoms. The van der Waals surface area contributed by atoms with Gasteiger partial charge in [0.25, 0.3) is 0 Å². The topological polar surface area (TPSA) is 59.6 Å². The second-order valence-corrected chi connectivity index (χ2v) is 7.34. The van der Waals surface area contributed by atoms with Crippen molar-refractivity contribution < 1.29 is 4.79 Å². The number of aliphatic imine (C=N–C) groups is 2. The summed E-state index contributed by atoms with van der Waals surface area (Å²) in [5.41, 5.74) is 8.31. The Bertz CT molecular complexity index is 1140. The van der Waals surface area contributed by atoms with Crippen molar-refractivity contribution in [3.8, 4) is 0 Å². The smallest absolute Gasteiger partial charge is 0.181 e. The Morgan fingerprint density at radius 2 is 1.96 bits per heavy atom. The summed E-state index contributed by atoms with van der Waals surface area (Å²) in [6.07, 6.45) is 3.58. The zero-order valence-corrected chi connectivity index (χ0v) is 15.7. The van der Waals surface area contributed by atoms with Crippen molar-refractivity contribution in [3.63, 3.8) is 0 Å². The molecule has 3 heterocycles. The van der Waals surface area contributed by atoms with E-state index in [0.717, 1.165) is 40.2 Å². The molecule has 2 aliphatic rings. The number of hydrogen-bond acceptors (Lipinski definition) is 4. The minimum Gasteiger partial charge on any atom is -0.292 e. The molecule has 28 heavy (non-hydrogen) atoms. The highest BCUT2D eigenvalue weighted by molar-refractivity contribution is 6.42. The van der Waals surface area contributed by atoms with Crippen LogP contribution in [0.5, 0.6) is 0 Å². The SMILES string of the molecule is Cn1nccc1CC1=NCc2cc3c(cc21)N=C(C(=O)Cc1ccccc1)C3. The molecular formula is C23H20N4O. The van der Waals surface area contributed by atoms with Gasteiger partial charge in [0.15, 0.2) is 5.78 Å².